The van der Waals surface area contributed by atoms with Crippen LogP contribution in [0.25, 0.3) is 10.8 Å². The van der Waals surface area contributed by atoms with E-state index in [0.717, 1.165) is 16.3 Å². The van der Waals surface area contributed by atoms with Crippen molar-refractivity contribution in [2.75, 3.05) is 13.0 Å². The van der Waals surface area contributed by atoms with E-state index in [1.807, 2.05) is 51.1 Å². The summed E-state index contributed by atoms with van der Waals surface area (Å²) >= 11 is 1.23. The van der Waals surface area contributed by atoms with Crippen LogP contribution in [0.4, 0.5) is 0 Å². The Kier molecular flexibility index (Phi) is 6.41. The van der Waals surface area contributed by atoms with E-state index in [9.17, 15) is 9.69 Å². The van der Waals surface area contributed by atoms with Gasteiger partial charge < -0.3 is 14.4 Å². The molecule has 2 aromatic rings. The van der Waals surface area contributed by atoms with E-state index in [1.54, 1.807) is 19.0 Å². The van der Waals surface area contributed by atoms with Crippen LogP contribution >= 0.6 is 18.4 Å². The Morgan fingerprint density at radius 3 is 2.71 bits per heavy atom. The molecule has 4 nitrogen and oxygen atoms in total. The summed E-state index contributed by atoms with van der Waals surface area (Å²) in [6.07, 6.45) is 0. The van der Waals surface area contributed by atoms with Crippen LogP contribution in [0.15, 0.2) is 36.4 Å². The third kappa shape index (κ3) is 5.32. The van der Waals surface area contributed by atoms with Gasteiger partial charge in [0.25, 0.3) is 0 Å². The van der Waals surface area contributed by atoms with Gasteiger partial charge in [-0.3, -0.25) is 0 Å². The highest BCUT2D eigenvalue weighted by atomic mass is 32.7. The molecule has 2 rings (SSSR count). The predicted octanol–water partition coefficient (Wildman–Crippen LogP) is 3.95. The lowest BCUT2D eigenvalue weighted by atomic mass is 10.0. The van der Waals surface area contributed by atoms with E-state index in [2.05, 4.69) is 0 Å². The number of esters is 1. The minimum atomic E-state index is -1.56. The van der Waals surface area contributed by atoms with Crippen molar-refractivity contribution in [3.63, 3.8) is 0 Å². The molecule has 0 saturated carbocycles. The van der Waals surface area contributed by atoms with Gasteiger partial charge in [-0.2, -0.15) is 0 Å². The fraction of sp³-hybridized carbons (Fsp3) is 0.333. The Labute approximate surface area is 147 Å². The number of hydrogen-bond donors (Lipinski definition) is 0. The van der Waals surface area contributed by atoms with Gasteiger partial charge in [0.15, 0.2) is 0 Å². The highest BCUT2D eigenvalue weighted by molar-refractivity contribution is 8.52. The van der Waals surface area contributed by atoms with E-state index in [0.29, 0.717) is 11.5 Å². The van der Waals surface area contributed by atoms with Gasteiger partial charge in [0.1, 0.15) is 35.7 Å². The third-order valence-corrected chi connectivity index (χ3v) is 5.58. The van der Waals surface area contributed by atoms with Crippen LogP contribution in [-0.4, -0.2) is 30.4 Å². The first kappa shape index (κ1) is 18.9. The Hall–Kier alpha value is -1.39. The summed E-state index contributed by atoms with van der Waals surface area (Å²) in [7, 11) is 1.57. The lowest BCUT2D eigenvalue weighted by Gasteiger charge is -2.20. The Bertz CT molecular complexity index is 765. The number of carbonyl (C=O) groups excluding carboxylic acids is 1. The van der Waals surface area contributed by atoms with Crippen LogP contribution < -0.4 is 4.89 Å². The number of rotatable bonds is 5. The minimum absolute atomic E-state index is 0.358. The predicted molar refractivity (Wildman–Crippen MR) is 101 cm³/mol. The summed E-state index contributed by atoms with van der Waals surface area (Å²) in [5.41, 5.74) is 0.768. The average molecular weight is 364 g/mol. The molecule has 1 unspecified atom stereocenters. The summed E-state index contributed by atoms with van der Waals surface area (Å²) in [5, 5.41) is 1.73. The molecule has 0 radical (unpaired) electrons. The maximum atomic E-state index is 12.4. The first-order chi connectivity index (χ1) is 11.3. The second-order valence-corrected chi connectivity index (χ2v) is 9.42. The second-order valence-electron chi connectivity index (χ2n) is 6.24. The van der Waals surface area contributed by atoms with E-state index >= 15 is 0 Å². The number of benzene rings is 2. The summed E-state index contributed by atoms with van der Waals surface area (Å²) in [6, 6.07) is 11.2. The zero-order valence-electron chi connectivity index (χ0n) is 14.2. The maximum absolute atomic E-state index is 12.4. The Balaban J connectivity index is 2.40. The molecule has 0 fully saturated rings. The molecule has 0 aliphatic heterocycles. The van der Waals surface area contributed by atoms with Crippen molar-refractivity contribution in [1.29, 1.82) is 0 Å². The number of methoxy groups -OCH3 is 1. The average Bonchev–Trinajstić information content (AvgIpc) is 2.50. The van der Waals surface area contributed by atoms with Gasteiger partial charge >= 0.3 is 5.97 Å². The van der Waals surface area contributed by atoms with Crippen LogP contribution in [0, 0.1) is 0 Å². The molecule has 2 aromatic carbocycles. The highest BCUT2D eigenvalue weighted by Crippen LogP contribution is 2.31. The standard InChI is InChI=1S/C18H21O4PS/c1-18(2,3)22-17(19)15-7-5-6-14-9-8-13(10-16(14)15)11-23(20)24-12-21-4/h5-11H,12H2,1-4H3. The maximum Gasteiger partial charge on any atom is 0.339 e. The Morgan fingerprint density at radius 2 is 2.04 bits per heavy atom. The van der Waals surface area contributed by atoms with Crippen molar-refractivity contribution in [2.45, 2.75) is 26.4 Å². The van der Waals surface area contributed by atoms with E-state index in [-0.39, 0.29) is 5.97 Å². The number of hydrogen-bond acceptors (Lipinski definition) is 5. The molecule has 24 heavy (non-hydrogen) atoms. The topological polar surface area (TPSA) is 58.6 Å². The first-order valence-corrected chi connectivity index (χ1v) is 10.4. The van der Waals surface area contributed by atoms with Gasteiger partial charge in [-0.05, 0) is 43.7 Å². The third-order valence-electron chi connectivity index (χ3n) is 3.08. The molecular formula is C18H21O4PS. The minimum Gasteiger partial charge on any atom is -0.620 e. The molecule has 0 amide bonds. The summed E-state index contributed by atoms with van der Waals surface area (Å²) in [5.74, 6) is 1.70. The molecule has 128 valence electrons. The highest BCUT2D eigenvalue weighted by Gasteiger charge is 2.19. The molecule has 0 heterocycles. The van der Waals surface area contributed by atoms with Crippen LogP contribution in [0.1, 0.15) is 36.7 Å². The van der Waals surface area contributed by atoms with E-state index < -0.39 is 12.6 Å². The molecule has 0 N–H and O–H groups in total. The van der Waals surface area contributed by atoms with Gasteiger partial charge in [-0.15, -0.1) is 0 Å². The molecule has 6 heteroatoms. The summed E-state index contributed by atoms with van der Waals surface area (Å²) in [4.78, 5) is 24.4. The van der Waals surface area contributed by atoms with Crippen LogP contribution in [0.3, 0.4) is 0 Å². The lowest BCUT2D eigenvalue weighted by Crippen LogP contribution is -2.24. The molecule has 0 spiro atoms. The van der Waals surface area contributed by atoms with Crippen molar-refractivity contribution < 1.29 is 19.2 Å². The van der Waals surface area contributed by atoms with Crippen molar-refractivity contribution >= 4 is 40.9 Å². The van der Waals surface area contributed by atoms with Crippen LogP contribution in [0.5, 0.6) is 0 Å². The molecular weight excluding hydrogens is 343 g/mol. The normalized spacial score (nSPS) is 12.5. The zero-order chi connectivity index (χ0) is 17.7. The van der Waals surface area contributed by atoms with Crippen molar-refractivity contribution in [1.82, 2.24) is 0 Å². The van der Waals surface area contributed by atoms with Crippen molar-refractivity contribution in [3.05, 3.63) is 47.5 Å². The first-order valence-electron chi connectivity index (χ1n) is 7.49. The SMILES string of the molecule is COCS/[P+]([O-])=C/c1ccc2cccc(C(=O)OC(C)(C)C)c2c1. The molecule has 1 atom stereocenters. The molecule has 0 bridgehead atoms. The van der Waals surface area contributed by atoms with E-state index in [1.165, 1.54) is 11.4 Å². The van der Waals surface area contributed by atoms with E-state index in [4.69, 9.17) is 9.47 Å². The summed E-state index contributed by atoms with van der Waals surface area (Å²) in [6.45, 7) is 3.96. The zero-order valence-corrected chi connectivity index (χ0v) is 15.9. The quantitative estimate of drug-likeness (QED) is 0.457. The lowest BCUT2D eigenvalue weighted by molar-refractivity contribution is -0.146. The molecule has 0 aromatic heterocycles. The largest absolute Gasteiger partial charge is 0.620 e. The van der Waals surface area contributed by atoms with Gasteiger partial charge in [-0.1, -0.05) is 24.3 Å². The molecule has 0 saturated heterocycles. The Morgan fingerprint density at radius 1 is 1.29 bits per heavy atom. The number of carbonyl (C=O) groups is 1. The van der Waals surface area contributed by atoms with Crippen molar-refractivity contribution in [2.24, 2.45) is 0 Å². The fourth-order valence-electron chi connectivity index (χ4n) is 2.15. The number of ether oxygens (including phenoxy) is 2. The smallest absolute Gasteiger partial charge is 0.339 e. The second kappa shape index (κ2) is 8.13. The monoisotopic (exact) mass is 364 g/mol. The van der Waals surface area contributed by atoms with Gasteiger partial charge in [0, 0.05) is 12.7 Å². The fourth-order valence-corrected chi connectivity index (χ4v) is 4.05. The number of fused-ring (bicyclic) bond motifs is 1. The van der Waals surface area contributed by atoms with Crippen molar-refractivity contribution in [3.8, 4) is 0 Å². The van der Waals surface area contributed by atoms with Crippen LogP contribution in [-0.2, 0) is 9.47 Å². The van der Waals surface area contributed by atoms with Crippen LogP contribution in [0.2, 0.25) is 0 Å². The van der Waals surface area contributed by atoms with Gasteiger partial charge in [-0.25, -0.2) is 4.79 Å². The molecule has 0 aliphatic carbocycles. The summed E-state index contributed by atoms with van der Waals surface area (Å²) < 4.78 is 10.4. The molecule has 0 aliphatic rings. The van der Waals surface area contributed by atoms with Gasteiger partial charge in [0.2, 0.25) is 0 Å². The van der Waals surface area contributed by atoms with Gasteiger partial charge in [0.05, 0.1) is 5.56 Å².